The molecule has 1 aliphatic heterocycles. The van der Waals surface area contributed by atoms with E-state index in [1.807, 2.05) is 24.3 Å². The molecule has 0 saturated carbocycles. The maximum Gasteiger partial charge on any atom is 0.251 e. The molecule has 5 heteroatoms. The van der Waals surface area contributed by atoms with E-state index >= 15 is 0 Å². The molecule has 0 aliphatic carbocycles. The fraction of sp³-hybridized carbons (Fsp3) is 0.235. The van der Waals surface area contributed by atoms with Gasteiger partial charge in [-0.05, 0) is 36.2 Å². The molecule has 3 rings (SSSR count). The van der Waals surface area contributed by atoms with Crippen molar-refractivity contribution in [2.45, 2.75) is 6.42 Å². The van der Waals surface area contributed by atoms with E-state index in [4.69, 9.17) is 21.1 Å². The normalized spacial score (nSPS) is 12.8. The third-order valence-corrected chi connectivity index (χ3v) is 3.81. The predicted octanol–water partition coefficient (Wildman–Crippen LogP) is 3.08. The van der Waals surface area contributed by atoms with E-state index in [0.717, 1.165) is 10.6 Å². The van der Waals surface area contributed by atoms with Gasteiger partial charge in [-0.1, -0.05) is 29.8 Å². The molecular weight excluding hydrogens is 302 g/mol. The third kappa shape index (κ3) is 3.34. The fourth-order valence-electron chi connectivity index (χ4n) is 2.30. The minimum absolute atomic E-state index is 0.135. The molecule has 0 atom stereocenters. The van der Waals surface area contributed by atoms with Crippen LogP contribution in [-0.2, 0) is 6.42 Å². The number of nitrogens with one attached hydrogen (secondary N) is 1. The van der Waals surface area contributed by atoms with Crippen LogP contribution in [0.4, 0.5) is 0 Å². The van der Waals surface area contributed by atoms with Gasteiger partial charge in [0.25, 0.3) is 5.91 Å². The SMILES string of the molecule is O=C(NCCc1ccccc1Cl)c1ccc2c(c1)OCCO2. The van der Waals surface area contributed by atoms with Gasteiger partial charge in [-0.25, -0.2) is 0 Å². The Kier molecular flexibility index (Phi) is 4.49. The zero-order valence-electron chi connectivity index (χ0n) is 12.0. The lowest BCUT2D eigenvalue weighted by atomic mass is 10.1. The number of halogens is 1. The van der Waals surface area contributed by atoms with Crippen molar-refractivity contribution in [2.24, 2.45) is 0 Å². The fourth-order valence-corrected chi connectivity index (χ4v) is 2.53. The Balaban J connectivity index is 1.59. The second-order valence-corrected chi connectivity index (χ2v) is 5.36. The summed E-state index contributed by atoms with van der Waals surface area (Å²) in [6, 6.07) is 12.8. The smallest absolute Gasteiger partial charge is 0.251 e. The van der Waals surface area contributed by atoms with Gasteiger partial charge in [0.1, 0.15) is 13.2 Å². The quantitative estimate of drug-likeness (QED) is 0.942. The highest BCUT2D eigenvalue weighted by Gasteiger charge is 2.14. The molecule has 22 heavy (non-hydrogen) atoms. The lowest BCUT2D eigenvalue weighted by Crippen LogP contribution is -2.26. The van der Waals surface area contributed by atoms with Crippen LogP contribution in [0.2, 0.25) is 5.02 Å². The Morgan fingerprint density at radius 1 is 1.09 bits per heavy atom. The summed E-state index contributed by atoms with van der Waals surface area (Å²) in [5.74, 6) is 1.16. The lowest BCUT2D eigenvalue weighted by molar-refractivity contribution is 0.0953. The standard InChI is InChI=1S/C17H16ClNO3/c18-14-4-2-1-3-12(14)7-8-19-17(20)13-5-6-15-16(11-13)22-10-9-21-15/h1-6,11H,7-10H2,(H,19,20). The molecule has 114 valence electrons. The predicted molar refractivity (Wildman–Crippen MR) is 84.9 cm³/mol. The number of carbonyl (C=O) groups excluding carboxylic acids is 1. The highest BCUT2D eigenvalue weighted by molar-refractivity contribution is 6.31. The van der Waals surface area contributed by atoms with Crippen LogP contribution >= 0.6 is 11.6 Å². The maximum atomic E-state index is 12.2. The summed E-state index contributed by atoms with van der Waals surface area (Å²) in [7, 11) is 0. The number of carbonyl (C=O) groups is 1. The van der Waals surface area contributed by atoms with Gasteiger partial charge in [0.2, 0.25) is 0 Å². The summed E-state index contributed by atoms with van der Waals surface area (Å²) < 4.78 is 10.9. The largest absolute Gasteiger partial charge is 0.486 e. The molecule has 1 aliphatic rings. The second kappa shape index (κ2) is 6.71. The molecule has 0 spiro atoms. The summed E-state index contributed by atoms with van der Waals surface area (Å²) in [6.07, 6.45) is 0.690. The van der Waals surface area contributed by atoms with Crippen LogP contribution in [0.25, 0.3) is 0 Å². The molecule has 2 aromatic carbocycles. The second-order valence-electron chi connectivity index (χ2n) is 4.96. The lowest BCUT2D eigenvalue weighted by Gasteiger charge is -2.18. The van der Waals surface area contributed by atoms with E-state index in [-0.39, 0.29) is 5.91 Å². The first kappa shape index (κ1) is 14.7. The van der Waals surface area contributed by atoms with Crippen molar-refractivity contribution in [3.8, 4) is 11.5 Å². The monoisotopic (exact) mass is 317 g/mol. The molecule has 2 aromatic rings. The van der Waals surface area contributed by atoms with Gasteiger partial charge >= 0.3 is 0 Å². The summed E-state index contributed by atoms with van der Waals surface area (Å²) in [5.41, 5.74) is 1.58. The van der Waals surface area contributed by atoms with Gasteiger partial charge in [-0.15, -0.1) is 0 Å². The van der Waals surface area contributed by atoms with Crippen molar-refractivity contribution in [1.82, 2.24) is 5.32 Å². The molecule has 0 fully saturated rings. The van der Waals surface area contributed by atoms with Crippen LogP contribution < -0.4 is 14.8 Å². The molecule has 1 heterocycles. The van der Waals surface area contributed by atoms with E-state index in [1.165, 1.54) is 0 Å². The molecule has 0 bridgehead atoms. The Hall–Kier alpha value is -2.20. The van der Waals surface area contributed by atoms with Crippen molar-refractivity contribution in [2.75, 3.05) is 19.8 Å². The van der Waals surface area contributed by atoms with Gasteiger partial charge in [-0.2, -0.15) is 0 Å². The molecule has 0 radical (unpaired) electrons. The zero-order valence-corrected chi connectivity index (χ0v) is 12.7. The topological polar surface area (TPSA) is 47.6 Å². The molecule has 1 amide bonds. The van der Waals surface area contributed by atoms with E-state index in [2.05, 4.69) is 5.32 Å². The molecular formula is C17H16ClNO3. The van der Waals surface area contributed by atoms with Crippen molar-refractivity contribution in [1.29, 1.82) is 0 Å². The third-order valence-electron chi connectivity index (χ3n) is 3.44. The maximum absolute atomic E-state index is 12.2. The zero-order chi connectivity index (χ0) is 15.4. The Morgan fingerprint density at radius 2 is 1.86 bits per heavy atom. The van der Waals surface area contributed by atoms with Crippen LogP contribution in [0.3, 0.4) is 0 Å². The minimum Gasteiger partial charge on any atom is -0.486 e. The van der Waals surface area contributed by atoms with Crippen molar-refractivity contribution in [3.63, 3.8) is 0 Å². The number of hydrogen-bond donors (Lipinski definition) is 1. The molecule has 1 N–H and O–H groups in total. The summed E-state index contributed by atoms with van der Waals surface area (Å²) in [5, 5.41) is 3.61. The van der Waals surface area contributed by atoms with Gasteiger partial charge in [0, 0.05) is 17.1 Å². The van der Waals surface area contributed by atoms with Crippen LogP contribution in [0.5, 0.6) is 11.5 Å². The highest BCUT2D eigenvalue weighted by atomic mass is 35.5. The van der Waals surface area contributed by atoms with Gasteiger partial charge < -0.3 is 14.8 Å². The number of hydrogen-bond acceptors (Lipinski definition) is 3. The van der Waals surface area contributed by atoms with E-state index in [1.54, 1.807) is 18.2 Å². The van der Waals surface area contributed by atoms with Crippen molar-refractivity contribution >= 4 is 17.5 Å². The van der Waals surface area contributed by atoms with Crippen molar-refractivity contribution in [3.05, 3.63) is 58.6 Å². The number of fused-ring (bicyclic) bond motifs is 1. The Bertz CT molecular complexity index is 687. The summed E-state index contributed by atoms with van der Waals surface area (Å²) >= 11 is 6.09. The average molecular weight is 318 g/mol. The van der Waals surface area contributed by atoms with Crippen LogP contribution in [0, 0.1) is 0 Å². The average Bonchev–Trinajstić information content (AvgIpc) is 2.56. The van der Waals surface area contributed by atoms with Crippen LogP contribution in [-0.4, -0.2) is 25.7 Å². The Labute approximate surface area is 134 Å². The van der Waals surface area contributed by atoms with E-state index < -0.39 is 0 Å². The van der Waals surface area contributed by atoms with Gasteiger partial charge in [0.05, 0.1) is 0 Å². The first-order valence-corrected chi connectivity index (χ1v) is 7.53. The minimum atomic E-state index is -0.135. The van der Waals surface area contributed by atoms with Crippen LogP contribution in [0.15, 0.2) is 42.5 Å². The molecule has 0 saturated heterocycles. The number of amides is 1. The number of rotatable bonds is 4. The number of benzene rings is 2. The first-order chi connectivity index (χ1) is 10.7. The summed E-state index contributed by atoms with van der Waals surface area (Å²) in [6.45, 7) is 1.57. The van der Waals surface area contributed by atoms with Gasteiger partial charge in [0.15, 0.2) is 11.5 Å². The number of ether oxygens (including phenoxy) is 2. The highest BCUT2D eigenvalue weighted by Crippen LogP contribution is 2.30. The van der Waals surface area contributed by atoms with E-state index in [9.17, 15) is 4.79 Å². The molecule has 0 unspecified atom stereocenters. The van der Waals surface area contributed by atoms with Crippen molar-refractivity contribution < 1.29 is 14.3 Å². The van der Waals surface area contributed by atoms with Gasteiger partial charge in [-0.3, -0.25) is 4.79 Å². The van der Waals surface area contributed by atoms with E-state index in [0.29, 0.717) is 43.2 Å². The summed E-state index contributed by atoms with van der Waals surface area (Å²) in [4.78, 5) is 12.2. The first-order valence-electron chi connectivity index (χ1n) is 7.15. The molecule has 0 aromatic heterocycles. The van der Waals surface area contributed by atoms with Crippen LogP contribution in [0.1, 0.15) is 15.9 Å². The Morgan fingerprint density at radius 3 is 2.68 bits per heavy atom. The molecule has 4 nitrogen and oxygen atoms in total.